The van der Waals surface area contributed by atoms with Gasteiger partial charge < -0.3 is 10.6 Å². The van der Waals surface area contributed by atoms with Crippen LogP contribution in [0.15, 0.2) is 60.9 Å². The zero-order chi connectivity index (χ0) is 16.9. The van der Waals surface area contributed by atoms with Crippen molar-refractivity contribution in [3.8, 4) is 0 Å². The van der Waals surface area contributed by atoms with E-state index in [2.05, 4.69) is 20.6 Å². The van der Waals surface area contributed by atoms with Crippen LogP contribution in [0.2, 0.25) is 0 Å². The first kappa shape index (κ1) is 15.7. The van der Waals surface area contributed by atoms with Gasteiger partial charge in [0.05, 0.1) is 12.4 Å². The summed E-state index contributed by atoms with van der Waals surface area (Å²) in [6.07, 6.45) is 3.01. The lowest BCUT2D eigenvalue weighted by Crippen LogP contribution is -2.15. The summed E-state index contributed by atoms with van der Waals surface area (Å²) in [5.41, 5.74) is 4.14. The van der Waals surface area contributed by atoms with E-state index in [0.717, 1.165) is 22.5 Å². The molecule has 5 heteroatoms. The number of para-hydroxylation sites is 1. The van der Waals surface area contributed by atoms with Gasteiger partial charge in [0.1, 0.15) is 11.5 Å². The third-order valence-electron chi connectivity index (χ3n) is 3.78. The summed E-state index contributed by atoms with van der Waals surface area (Å²) >= 11 is 0. The highest BCUT2D eigenvalue weighted by Gasteiger charge is 2.10. The topological polar surface area (TPSA) is 66.9 Å². The number of amides is 1. The van der Waals surface area contributed by atoms with Gasteiger partial charge in [0, 0.05) is 11.4 Å². The SMILES string of the molecule is Cc1cccc(NC(=O)c2cnc(Nc3ccccc3)cn2)c1C. The molecule has 0 bridgehead atoms. The molecule has 0 aliphatic carbocycles. The van der Waals surface area contributed by atoms with Crippen molar-refractivity contribution < 1.29 is 4.79 Å². The Labute approximate surface area is 140 Å². The predicted molar refractivity (Wildman–Crippen MR) is 95.6 cm³/mol. The molecule has 0 saturated heterocycles. The van der Waals surface area contributed by atoms with E-state index >= 15 is 0 Å². The minimum Gasteiger partial charge on any atom is -0.339 e. The summed E-state index contributed by atoms with van der Waals surface area (Å²) in [7, 11) is 0. The maximum Gasteiger partial charge on any atom is 0.275 e. The van der Waals surface area contributed by atoms with E-state index in [1.54, 1.807) is 6.20 Å². The lowest BCUT2D eigenvalue weighted by Gasteiger charge is -2.10. The number of rotatable bonds is 4. The van der Waals surface area contributed by atoms with Gasteiger partial charge in [-0.1, -0.05) is 30.3 Å². The molecule has 1 heterocycles. The van der Waals surface area contributed by atoms with Crippen LogP contribution in [0.4, 0.5) is 17.2 Å². The molecule has 3 aromatic rings. The summed E-state index contributed by atoms with van der Waals surface area (Å²) in [6, 6.07) is 15.5. The summed E-state index contributed by atoms with van der Waals surface area (Å²) < 4.78 is 0. The van der Waals surface area contributed by atoms with E-state index in [1.807, 2.05) is 62.4 Å². The maximum absolute atomic E-state index is 12.3. The van der Waals surface area contributed by atoms with Crippen LogP contribution in [0.25, 0.3) is 0 Å². The van der Waals surface area contributed by atoms with Crippen LogP contribution >= 0.6 is 0 Å². The predicted octanol–water partition coefficient (Wildman–Crippen LogP) is 4.09. The number of nitrogens with zero attached hydrogens (tertiary/aromatic N) is 2. The van der Waals surface area contributed by atoms with Crippen molar-refractivity contribution in [2.24, 2.45) is 0 Å². The molecule has 5 nitrogen and oxygen atoms in total. The summed E-state index contributed by atoms with van der Waals surface area (Å²) in [6.45, 7) is 3.98. The first-order valence-electron chi connectivity index (χ1n) is 7.65. The summed E-state index contributed by atoms with van der Waals surface area (Å²) in [5, 5.41) is 6.01. The fraction of sp³-hybridized carbons (Fsp3) is 0.105. The van der Waals surface area contributed by atoms with Crippen LogP contribution < -0.4 is 10.6 Å². The molecule has 0 fully saturated rings. The first-order valence-corrected chi connectivity index (χ1v) is 7.65. The van der Waals surface area contributed by atoms with Gasteiger partial charge in [0.2, 0.25) is 0 Å². The Kier molecular flexibility index (Phi) is 4.52. The van der Waals surface area contributed by atoms with Crippen LogP contribution in [0.3, 0.4) is 0 Å². The van der Waals surface area contributed by atoms with Crippen molar-refractivity contribution in [3.05, 3.63) is 77.7 Å². The van der Waals surface area contributed by atoms with Gasteiger partial charge in [0.25, 0.3) is 5.91 Å². The smallest absolute Gasteiger partial charge is 0.275 e. The number of aryl methyl sites for hydroxylation is 1. The second-order valence-corrected chi connectivity index (χ2v) is 5.48. The second-order valence-electron chi connectivity index (χ2n) is 5.48. The minimum absolute atomic E-state index is 0.273. The fourth-order valence-electron chi connectivity index (χ4n) is 2.25. The number of hydrogen-bond donors (Lipinski definition) is 2. The van der Waals surface area contributed by atoms with E-state index in [1.165, 1.54) is 6.20 Å². The number of anilines is 3. The molecular weight excluding hydrogens is 300 g/mol. The normalized spacial score (nSPS) is 10.2. The van der Waals surface area contributed by atoms with Crippen molar-refractivity contribution in [1.82, 2.24) is 9.97 Å². The number of carbonyl (C=O) groups excluding carboxylic acids is 1. The van der Waals surface area contributed by atoms with Gasteiger partial charge in [-0.15, -0.1) is 0 Å². The first-order chi connectivity index (χ1) is 11.6. The molecule has 2 N–H and O–H groups in total. The zero-order valence-electron chi connectivity index (χ0n) is 13.6. The average molecular weight is 318 g/mol. The number of hydrogen-bond acceptors (Lipinski definition) is 4. The van der Waals surface area contributed by atoms with Crippen LogP contribution in [0.5, 0.6) is 0 Å². The maximum atomic E-state index is 12.3. The summed E-state index contributed by atoms with van der Waals surface area (Å²) in [5.74, 6) is 0.312. The molecule has 1 aromatic heterocycles. The van der Waals surface area contributed by atoms with Gasteiger partial charge in [0.15, 0.2) is 0 Å². The Hall–Kier alpha value is -3.21. The van der Waals surface area contributed by atoms with E-state index in [9.17, 15) is 4.79 Å². The molecule has 0 aliphatic rings. The quantitative estimate of drug-likeness (QED) is 0.760. The Morgan fingerprint density at radius 2 is 1.71 bits per heavy atom. The minimum atomic E-state index is -0.275. The number of benzene rings is 2. The highest BCUT2D eigenvalue weighted by Crippen LogP contribution is 2.19. The van der Waals surface area contributed by atoms with Crippen LogP contribution in [0, 0.1) is 13.8 Å². The lowest BCUT2D eigenvalue weighted by atomic mass is 10.1. The van der Waals surface area contributed by atoms with E-state index in [4.69, 9.17) is 0 Å². The Morgan fingerprint density at radius 3 is 2.42 bits per heavy atom. The second kappa shape index (κ2) is 6.91. The van der Waals surface area contributed by atoms with Crippen molar-refractivity contribution in [2.45, 2.75) is 13.8 Å². The Balaban J connectivity index is 1.71. The van der Waals surface area contributed by atoms with Gasteiger partial charge >= 0.3 is 0 Å². The highest BCUT2D eigenvalue weighted by atomic mass is 16.1. The van der Waals surface area contributed by atoms with Gasteiger partial charge in [-0.2, -0.15) is 0 Å². The van der Waals surface area contributed by atoms with E-state index in [-0.39, 0.29) is 11.6 Å². The molecule has 0 radical (unpaired) electrons. The molecule has 120 valence electrons. The fourth-order valence-corrected chi connectivity index (χ4v) is 2.25. The molecule has 0 aliphatic heterocycles. The molecule has 2 aromatic carbocycles. The molecule has 1 amide bonds. The molecule has 24 heavy (non-hydrogen) atoms. The van der Waals surface area contributed by atoms with Gasteiger partial charge in [-0.3, -0.25) is 4.79 Å². The number of nitrogens with one attached hydrogen (secondary N) is 2. The Bertz CT molecular complexity index is 845. The molecule has 0 saturated carbocycles. The lowest BCUT2D eigenvalue weighted by molar-refractivity contribution is 0.102. The van der Waals surface area contributed by atoms with E-state index < -0.39 is 0 Å². The molecule has 0 atom stereocenters. The van der Waals surface area contributed by atoms with Crippen molar-refractivity contribution in [3.63, 3.8) is 0 Å². The van der Waals surface area contributed by atoms with Crippen LogP contribution in [-0.2, 0) is 0 Å². The van der Waals surface area contributed by atoms with Crippen LogP contribution in [-0.4, -0.2) is 15.9 Å². The molecule has 0 spiro atoms. The molecule has 3 rings (SSSR count). The van der Waals surface area contributed by atoms with Crippen molar-refractivity contribution >= 4 is 23.1 Å². The monoisotopic (exact) mass is 318 g/mol. The van der Waals surface area contributed by atoms with Crippen molar-refractivity contribution in [2.75, 3.05) is 10.6 Å². The van der Waals surface area contributed by atoms with Crippen LogP contribution in [0.1, 0.15) is 21.6 Å². The van der Waals surface area contributed by atoms with Crippen molar-refractivity contribution in [1.29, 1.82) is 0 Å². The highest BCUT2D eigenvalue weighted by molar-refractivity contribution is 6.03. The molecular formula is C19H18N4O. The van der Waals surface area contributed by atoms with E-state index in [0.29, 0.717) is 5.82 Å². The Morgan fingerprint density at radius 1 is 0.917 bits per heavy atom. The van der Waals surface area contributed by atoms with Gasteiger partial charge in [-0.05, 0) is 43.2 Å². The average Bonchev–Trinajstić information content (AvgIpc) is 2.60. The number of carbonyl (C=O) groups is 1. The third-order valence-corrected chi connectivity index (χ3v) is 3.78. The standard InChI is InChI=1S/C19H18N4O/c1-13-7-6-10-16(14(13)2)23-19(24)17-11-21-18(12-20-17)22-15-8-4-3-5-9-15/h3-12H,1-2H3,(H,21,22)(H,23,24). The summed E-state index contributed by atoms with van der Waals surface area (Å²) in [4.78, 5) is 20.7. The largest absolute Gasteiger partial charge is 0.339 e. The number of aromatic nitrogens is 2. The van der Waals surface area contributed by atoms with Gasteiger partial charge in [-0.25, -0.2) is 9.97 Å². The zero-order valence-corrected chi connectivity index (χ0v) is 13.6. The molecule has 0 unspecified atom stereocenters. The third kappa shape index (κ3) is 3.57.